The summed E-state index contributed by atoms with van der Waals surface area (Å²) >= 11 is 0. The van der Waals surface area contributed by atoms with Crippen molar-refractivity contribution in [2.45, 2.75) is 33.3 Å². The summed E-state index contributed by atoms with van der Waals surface area (Å²) < 4.78 is 16.6. The number of hydrogen-bond acceptors (Lipinski definition) is 5. The molecule has 1 aliphatic rings. The third-order valence-electron chi connectivity index (χ3n) is 3.47. The lowest BCUT2D eigenvalue weighted by Gasteiger charge is -2.15. The van der Waals surface area contributed by atoms with Crippen LogP contribution >= 0.6 is 0 Å². The summed E-state index contributed by atoms with van der Waals surface area (Å²) in [5.41, 5.74) is 0.762. The summed E-state index contributed by atoms with van der Waals surface area (Å²) in [4.78, 5) is 22.9. The topological polar surface area (TPSA) is 61.8 Å². The molecule has 0 radical (unpaired) electrons. The van der Waals surface area contributed by atoms with Crippen molar-refractivity contribution in [3.05, 3.63) is 29.8 Å². The van der Waals surface area contributed by atoms with Crippen molar-refractivity contribution in [3.63, 3.8) is 0 Å². The lowest BCUT2D eigenvalue weighted by molar-refractivity contribution is -0.134. The number of fused-ring (bicyclic) bond motifs is 3. The van der Waals surface area contributed by atoms with Crippen LogP contribution in [0, 0.1) is 0 Å². The Kier molecular flexibility index (Phi) is 3.48. The highest BCUT2D eigenvalue weighted by Gasteiger charge is 2.31. The van der Waals surface area contributed by atoms with Gasteiger partial charge < -0.3 is 14.2 Å². The van der Waals surface area contributed by atoms with Crippen LogP contribution in [0.5, 0.6) is 17.2 Å². The standard InChI is InChI=1S/C17H16O5/c1-9-8-14-15(20-9)12-6-4-5-7-13(12)16(21-10(2)18)17(14)22-11(3)19/h4-7,9H,8H2,1-3H3. The van der Waals surface area contributed by atoms with Crippen LogP contribution in [0.2, 0.25) is 0 Å². The van der Waals surface area contributed by atoms with Crippen LogP contribution in [0.15, 0.2) is 24.3 Å². The summed E-state index contributed by atoms with van der Waals surface area (Å²) in [5, 5.41) is 1.52. The van der Waals surface area contributed by atoms with E-state index in [2.05, 4.69) is 0 Å². The molecular formula is C17H16O5. The van der Waals surface area contributed by atoms with Gasteiger partial charge in [0.2, 0.25) is 0 Å². The molecule has 0 bridgehead atoms. The van der Waals surface area contributed by atoms with Gasteiger partial charge in [-0.05, 0) is 6.92 Å². The number of esters is 2. The number of hydrogen-bond donors (Lipinski definition) is 0. The van der Waals surface area contributed by atoms with Crippen LogP contribution in [0.3, 0.4) is 0 Å². The first-order chi connectivity index (χ1) is 10.5. The van der Waals surface area contributed by atoms with Crippen molar-refractivity contribution < 1.29 is 23.8 Å². The van der Waals surface area contributed by atoms with Crippen molar-refractivity contribution >= 4 is 22.7 Å². The second-order valence-electron chi connectivity index (χ2n) is 5.33. The molecule has 0 aliphatic carbocycles. The van der Waals surface area contributed by atoms with E-state index in [0.717, 1.165) is 10.9 Å². The number of carbonyl (C=O) groups excluding carboxylic acids is 2. The molecule has 0 spiro atoms. The molecular weight excluding hydrogens is 284 g/mol. The molecule has 1 aliphatic heterocycles. The molecule has 2 aromatic rings. The van der Waals surface area contributed by atoms with Crippen molar-refractivity contribution in [2.75, 3.05) is 0 Å². The number of carbonyl (C=O) groups is 2. The van der Waals surface area contributed by atoms with Gasteiger partial charge in [-0.2, -0.15) is 0 Å². The maximum atomic E-state index is 11.5. The molecule has 0 fully saturated rings. The smallest absolute Gasteiger partial charge is 0.308 e. The molecule has 114 valence electrons. The lowest BCUT2D eigenvalue weighted by atomic mass is 10.0. The molecule has 0 saturated carbocycles. The fourth-order valence-electron chi connectivity index (χ4n) is 2.75. The van der Waals surface area contributed by atoms with Crippen LogP contribution < -0.4 is 14.2 Å². The van der Waals surface area contributed by atoms with Gasteiger partial charge in [0.15, 0.2) is 11.5 Å². The number of ether oxygens (including phenoxy) is 3. The van der Waals surface area contributed by atoms with Crippen LogP contribution in [-0.4, -0.2) is 18.0 Å². The molecule has 0 N–H and O–H groups in total. The minimum Gasteiger partial charge on any atom is -0.489 e. The molecule has 3 rings (SSSR count). The SMILES string of the molecule is CC(=O)Oc1c2c(c3ccccc3c1OC(C)=O)OC(C)C2. The highest BCUT2D eigenvalue weighted by atomic mass is 16.6. The largest absolute Gasteiger partial charge is 0.489 e. The summed E-state index contributed by atoms with van der Waals surface area (Å²) in [6, 6.07) is 7.43. The normalized spacial score (nSPS) is 16.0. The number of rotatable bonds is 2. The van der Waals surface area contributed by atoms with E-state index in [1.165, 1.54) is 13.8 Å². The average Bonchev–Trinajstić information content (AvgIpc) is 2.83. The highest BCUT2D eigenvalue weighted by molar-refractivity contribution is 5.99. The predicted octanol–water partition coefficient (Wildman–Crippen LogP) is 3.01. The second-order valence-corrected chi connectivity index (χ2v) is 5.33. The monoisotopic (exact) mass is 300 g/mol. The van der Waals surface area contributed by atoms with Crippen molar-refractivity contribution in [3.8, 4) is 17.2 Å². The van der Waals surface area contributed by atoms with Crippen molar-refractivity contribution in [1.82, 2.24) is 0 Å². The maximum Gasteiger partial charge on any atom is 0.308 e. The van der Waals surface area contributed by atoms with E-state index < -0.39 is 11.9 Å². The van der Waals surface area contributed by atoms with Crippen molar-refractivity contribution in [1.29, 1.82) is 0 Å². The van der Waals surface area contributed by atoms with Gasteiger partial charge in [-0.15, -0.1) is 0 Å². The minimum atomic E-state index is -0.467. The molecule has 0 aromatic heterocycles. The quantitative estimate of drug-likeness (QED) is 0.630. The third kappa shape index (κ3) is 2.39. The fraction of sp³-hybridized carbons (Fsp3) is 0.294. The minimum absolute atomic E-state index is 0.0275. The molecule has 5 nitrogen and oxygen atoms in total. The van der Waals surface area contributed by atoms with E-state index >= 15 is 0 Å². The Bertz CT molecular complexity index is 778. The zero-order valence-corrected chi connectivity index (χ0v) is 12.6. The highest BCUT2D eigenvalue weighted by Crippen LogP contribution is 2.49. The van der Waals surface area contributed by atoms with Crippen LogP contribution in [0.4, 0.5) is 0 Å². The molecule has 1 unspecified atom stereocenters. The molecule has 1 atom stereocenters. The van der Waals surface area contributed by atoms with Gasteiger partial charge in [0.05, 0.1) is 0 Å². The second kappa shape index (κ2) is 5.33. The van der Waals surface area contributed by atoms with Crippen LogP contribution in [0.1, 0.15) is 26.3 Å². The molecule has 2 aromatic carbocycles. The van der Waals surface area contributed by atoms with Gasteiger partial charge in [0, 0.05) is 36.6 Å². The van der Waals surface area contributed by atoms with E-state index in [0.29, 0.717) is 17.6 Å². The first-order valence-electron chi connectivity index (χ1n) is 7.08. The molecule has 1 heterocycles. The lowest BCUT2D eigenvalue weighted by Crippen LogP contribution is -2.09. The summed E-state index contributed by atoms with van der Waals surface area (Å²) in [6.45, 7) is 4.58. The third-order valence-corrected chi connectivity index (χ3v) is 3.47. The van der Waals surface area contributed by atoms with Crippen molar-refractivity contribution in [2.24, 2.45) is 0 Å². The predicted molar refractivity (Wildman–Crippen MR) is 80.4 cm³/mol. The first kappa shape index (κ1) is 14.4. The van der Waals surface area contributed by atoms with Gasteiger partial charge in [-0.1, -0.05) is 24.3 Å². The zero-order chi connectivity index (χ0) is 15.9. The van der Waals surface area contributed by atoms with E-state index in [9.17, 15) is 9.59 Å². The summed E-state index contributed by atoms with van der Waals surface area (Å²) in [6.07, 6.45) is 0.567. The van der Waals surface area contributed by atoms with Gasteiger partial charge in [0.25, 0.3) is 0 Å². The van der Waals surface area contributed by atoms with Gasteiger partial charge in [-0.25, -0.2) is 0 Å². The fourth-order valence-corrected chi connectivity index (χ4v) is 2.75. The van der Waals surface area contributed by atoms with E-state index in [1.54, 1.807) is 0 Å². The first-order valence-corrected chi connectivity index (χ1v) is 7.08. The molecule has 5 heteroatoms. The summed E-state index contributed by atoms with van der Waals surface area (Å²) in [5.74, 6) is 0.307. The van der Waals surface area contributed by atoms with Crippen LogP contribution in [-0.2, 0) is 16.0 Å². The Morgan fingerprint density at radius 3 is 2.27 bits per heavy atom. The Hall–Kier alpha value is -2.56. The van der Waals surface area contributed by atoms with Gasteiger partial charge in [0.1, 0.15) is 11.9 Å². The maximum absolute atomic E-state index is 11.5. The van der Waals surface area contributed by atoms with Gasteiger partial charge >= 0.3 is 11.9 Å². The molecule has 0 saturated heterocycles. The zero-order valence-electron chi connectivity index (χ0n) is 12.6. The van der Waals surface area contributed by atoms with Crippen LogP contribution in [0.25, 0.3) is 10.8 Å². The van der Waals surface area contributed by atoms with E-state index in [-0.39, 0.29) is 17.6 Å². The summed E-state index contributed by atoms with van der Waals surface area (Å²) in [7, 11) is 0. The molecule has 0 amide bonds. The Morgan fingerprint density at radius 1 is 1.05 bits per heavy atom. The Morgan fingerprint density at radius 2 is 1.64 bits per heavy atom. The Labute approximate surface area is 127 Å². The molecule has 22 heavy (non-hydrogen) atoms. The van der Waals surface area contributed by atoms with Gasteiger partial charge in [-0.3, -0.25) is 9.59 Å². The number of benzene rings is 2. The Balaban J connectivity index is 2.35. The average molecular weight is 300 g/mol. The van der Waals surface area contributed by atoms with E-state index in [1.807, 2.05) is 31.2 Å². The van der Waals surface area contributed by atoms with E-state index in [4.69, 9.17) is 14.2 Å².